The predicted octanol–water partition coefficient (Wildman–Crippen LogP) is 2.04. The quantitative estimate of drug-likeness (QED) is 0.903. The first-order valence-electron chi connectivity index (χ1n) is 4.87. The summed E-state index contributed by atoms with van der Waals surface area (Å²) in [4.78, 5) is 11.6. The Balaban J connectivity index is 2.44. The van der Waals surface area contributed by atoms with E-state index < -0.39 is 12.0 Å². The van der Waals surface area contributed by atoms with Crippen molar-refractivity contribution in [3.8, 4) is 5.75 Å². The van der Waals surface area contributed by atoms with Gasteiger partial charge in [0.05, 0.1) is 19.1 Å². The van der Waals surface area contributed by atoms with Gasteiger partial charge in [-0.05, 0) is 18.2 Å². The van der Waals surface area contributed by atoms with E-state index >= 15 is 0 Å². The van der Waals surface area contributed by atoms with Crippen LogP contribution in [0.15, 0.2) is 34.8 Å². The molecule has 0 bridgehead atoms. The van der Waals surface area contributed by atoms with Gasteiger partial charge in [-0.3, -0.25) is 4.79 Å². The molecular formula is C12H11BrO3. The summed E-state index contributed by atoms with van der Waals surface area (Å²) in [6, 6.07) is 5.41. The first-order valence-corrected chi connectivity index (χ1v) is 5.66. The molecule has 0 amide bonds. The lowest BCUT2D eigenvalue weighted by Crippen LogP contribution is -2.18. The number of rotatable bonds is 2. The summed E-state index contributed by atoms with van der Waals surface area (Å²) >= 11 is 3.33. The highest BCUT2D eigenvalue weighted by atomic mass is 79.9. The third-order valence-corrected chi connectivity index (χ3v) is 3.13. The first kappa shape index (κ1) is 11.4. The highest BCUT2D eigenvalue weighted by Crippen LogP contribution is 2.35. The standard InChI is InChI=1S/C12H11BrO3/c1-16-11-6-7(13)2-3-8(11)12-9(14)4-5-10(12)15/h2-6,9,12,14H,1H3. The maximum absolute atomic E-state index is 11.6. The Kier molecular flexibility index (Phi) is 3.12. The molecule has 0 heterocycles. The number of allylic oxidation sites excluding steroid dienone is 1. The first-order chi connectivity index (χ1) is 7.63. The molecule has 0 saturated heterocycles. The van der Waals surface area contributed by atoms with Gasteiger partial charge >= 0.3 is 0 Å². The van der Waals surface area contributed by atoms with Gasteiger partial charge in [0, 0.05) is 10.0 Å². The second-order valence-electron chi connectivity index (χ2n) is 3.62. The molecule has 2 unspecified atom stereocenters. The van der Waals surface area contributed by atoms with E-state index in [0.29, 0.717) is 11.3 Å². The van der Waals surface area contributed by atoms with Crippen molar-refractivity contribution in [2.24, 2.45) is 0 Å². The Morgan fingerprint density at radius 2 is 2.19 bits per heavy atom. The number of halogens is 1. The van der Waals surface area contributed by atoms with Gasteiger partial charge in [0.15, 0.2) is 5.78 Å². The van der Waals surface area contributed by atoms with E-state index in [-0.39, 0.29) is 5.78 Å². The molecule has 1 aliphatic rings. The molecule has 2 atom stereocenters. The zero-order valence-electron chi connectivity index (χ0n) is 8.68. The SMILES string of the molecule is COc1cc(Br)ccc1C1C(=O)C=CC1O. The number of hydrogen-bond acceptors (Lipinski definition) is 3. The van der Waals surface area contributed by atoms with Crippen molar-refractivity contribution < 1.29 is 14.6 Å². The minimum atomic E-state index is -0.762. The monoisotopic (exact) mass is 282 g/mol. The van der Waals surface area contributed by atoms with Crippen LogP contribution >= 0.6 is 15.9 Å². The van der Waals surface area contributed by atoms with Gasteiger partial charge in [0.25, 0.3) is 0 Å². The largest absolute Gasteiger partial charge is 0.496 e. The molecule has 0 radical (unpaired) electrons. The molecule has 1 aliphatic carbocycles. The molecule has 84 valence electrons. The van der Waals surface area contributed by atoms with Crippen LogP contribution in [0, 0.1) is 0 Å². The summed E-state index contributed by atoms with van der Waals surface area (Å²) in [7, 11) is 1.55. The van der Waals surface area contributed by atoms with E-state index in [1.54, 1.807) is 19.2 Å². The molecule has 2 rings (SSSR count). The van der Waals surface area contributed by atoms with Gasteiger partial charge in [-0.1, -0.05) is 28.1 Å². The van der Waals surface area contributed by atoms with Crippen LogP contribution in [0.1, 0.15) is 11.5 Å². The van der Waals surface area contributed by atoms with Crippen molar-refractivity contribution in [1.29, 1.82) is 0 Å². The molecule has 0 aliphatic heterocycles. The van der Waals surface area contributed by atoms with Crippen molar-refractivity contribution in [3.63, 3.8) is 0 Å². The maximum atomic E-state index is 11.6. The molecule has 0 fully saturated rings. The lowest BCUT2D eigenvalue weighted by molar-refractivity contribution is -0.116. The summed E-state index contributed by atoms with van der Waals surface area (Å²) in [6.45, 7) is 0. The fourth-order valence-corrected chi connectivity index (χ4v) is 2.20. The molecule has 3 nitrogen and oxygen atoms in total. The summed E-state index contributed by atoms with van der Waals surface area (Å²) in [5, 5.41) is 9.73. The molecule has 0 spiro atoms. The fraction of sp³-hybridized carbons (Fsp3) is 0.250. The van der Waals surface area contributed by atoms with E-state index in [0.717, 1.165) is 4.47 Å². The smallest absolute Gasteiger partial charge is 0.165 e. The van der Waals surface area contributed by atoms with Gasteiger partial charge < -0.3 is 9.84 Å². The second kappa shape index (κ2) is 4.39. The molecule has 4 heteroatoms. The van der Waals surface area contributed by atoms with Crippen LogP contribution in [0.25, 0.3) is 0 Å². The average molecular weight is 283 g/mol. The summed E-state index contributed by atoms with van der Waals surface area (Å²) < 4.78 is 6.09. The zero-order chi connectivity index (χ0) is 11.7. The van der Waals surface area contributed by atoms with Gasteiger partial charge in [-0.25, -0.2) is 0 Å². The zero-order valence-corrected chi connectivity index (χ0v) is 10.3. The topological polar surface area (TPSA) is 46.5 Å². The fourth-order valence-electron chi connectivity index (χ4n) is 1.86. The van der Waals surface area contributed by atoms with Crippen LogP contribution in [-0.4, -0.2) is 24.1 Å². The van der Waals surface area contributed by atoms with E-state index in [1.807, 2.05) is 6.07 Å². The Hall–Kier alpha value is -1.13. The maximum Gasteiger partial charge on any atom is 0.165 e. The van der Waals surface area contributed by atoms with Crippen LogP contribution in [0.2, 0.25) is 0 Å². The van der Waals surface area contributed by atoms with Crippen LogP contribution in [-0.2, 0) is 4.79 Å². The minimum absolute atomic E-state index is 0.0897. The Morgan fingerprint density at radius 1 is 1.44 bits per heavy atom. The van der Waals surface area contributed by atoms with Crippen molar-refractivity contribution in [2.75, 3.05) is 7.11 Å². The molecule has 0 aromatic heterocycles. The number of ketones is 1. The Labute approximate surface area is 102 Å². The highest BCUT2D eigenvalue weighted by Gasteiger charge is 2.32. The number of hydrogen-bond donors (Lipinski definition) is 1. The molecule has 0 saturated carbocycles. The Bertz CT molecular complexity index is 454. The predicted molar refractivity (Wildman–Crippen MR) is 63.6 cm³/mol. The average Bonchev–Trinajstić information content (AvgIpc) is 2.59. The molecule has 16 heavy (non-hydrogen) atoms. The molecule has 1 aromatic carbocycles. The van der Waals surface area contributed by atoms with Crippen LogP contribution in [0.4, 0.5) is 0 Å². The number of carbonyl (C=O) groups is 1. The third-order valence-electron chi connectivity index (χ3n) is 2.64. The number of benzene rings is 1. The van der Waals surface area contributed by atoms with Crippen molar-refractivity contribution in [1.82, 2.24) is 0 Å². The van der Waals surface area contributed by atoms with Gasteiger partial charge in [-0.2, -0.15) is 0 Å². The Morgan fingerprint density at radius 3 is 2.75 bits per heavy atom. The van der Waals surface area contributed by atoms with Crippen molar-refractivity contribution in [2.45, 2.75) is 12.0 Å². The number of carbonyl (C=O) groups excluding carboxylic acids is 1. The number of ether oxygens (including phenoxy) is 1. The van der Waals surface area contributed by atoms with Crippen molar-refractivity contribution >= 4 is 21.7 Å². The van der Waals surface area contributed by atoms with Gasteiger partial charge in [-0.15, -0.1) is 0 Å². The summed E-state index contributed by atoms with van der Waals surface area (Å²) in [6.07, 6.45) is 2.16. The summed E-state index contributed by atoms with van der Waals surface area (Å²) in [5.41, 5.74) is 0.716. The molecule has 1 aromatic rings. The molecule has 1 N–H and O–H groups in total. The third kappa shape index (κ3) is 1.90. The lowest BCUT2D eigenvalue weighted by Gasteiger charge is -2.17. The number of aliphatic hydroxyl groups excluding tert-OH is 1. The van der Waals surface area contributed by atoms with Gasteiger partial charge in [0.2, 0.25) is 0 Å². The van der Waals surface area contributed by atoms with Crippen molar-refractivity contribution in [3.05, 3.63) is 40.4 Å². The van der Waals surface area contributed by atoms with E-state index in [2.05, 4.69) is 15.9 Å². The van der Waals surface area contributed by atoms with Gasteiger partial charge in [0.1, 0.15) is 5.75 Å². The van der Waals surface area contributed by atoms with E-state index in [4.69, 9.17) is 4.74 Å². The lowest BCUT2D eigenvalue weighted by atomic mass is 9.93. The van der Waals surface area contributed by atoms with Crippen LogP contribution in [0.3, 0.4) is 0 Å². The van der Waals surface area contributed by atoms with E-state index in [1.165, 1.54) is 12.2 Å². The van der Waals surface area contributed by atoms with E-state index in [9.17, 15) is 9.90 Å². The second-order valence-corrected chi connectivity index (χ2v) is 4.53. The number of methoxy groups -OCH3 is 1. The van der Waals surface area contributed by atoms with Crippen LogP contribution in [0.5, 0.6) is 5.75 Å². The summed E-state index contributed by atoms with van der Waals surface area (Å²) in [5.74, 6) is -0.0216. The van der Waals surface area contributed by atoms with Crippen LogP contribution < -0.4 is 4.74 Å². The normalized spacial score (nSPS) is 23.8. The minimum Gasteiger partial charge on any atom is -0.496 e. The number of aliphatic hydroxyl groups is 1. The highest BCUT2D eigenvalue weighted by molar-refractivity contribution is 9.10. The molecular weight excluding hydrogens is 272 g/mol.